The summed E-state index contributed by atoms with van der Waals surface area (Å²) < 4.78 is 0. The topological polar surface area (TPSA) is 67.6 Å². The van der Waals surface area contributed by atoms with E-state index in [9.17, 15) is 9.90 Å². The molecule has 0 radical (unpaired) electrons. The first-order valence-corrected chi connectivity index (χ1v) is 9.29. The fraction of sp³-hybridized carbons (Fsp3) is 0.600. The molecule has 1 amide bonds. The van der Waals surface area contributed by atoms with Gasteiger partial charge in [0.05, 0.1) is 12.5 Å². The maximum absolute atomic E-state index is 11.8. The summed E-state index contributed by atoms with van der Waals surface area (Å²) in [6, 6.07) is 12.7. The molecule has 5 heteroatoms. The van der Waals surface area contributed by atoms with Crippen LogP contribution in [-0.4, -0.2) is 52.2 Å². The molecule has 1 N–H and O–H groups in total. The largest absolute Gasteiger partial charge is 0.465 e. The Morgan fingerprint density at radius 1 is 1.32 bits per heavy atom. The number of hydrogen-bond acceptors (Lipinski definition) is 3. The fourth-order valence-corrected chi connectivity index (χ4v) is 4.63. The zero-order valence-electron chi connectivity index (χ0n) is 14.5. The van der Waals surface area contributed by atoms with E-state index in [0.717, 1.165) is 32.4 Å². The van der Waals surface area contributed by atoms with Crippen molar-refractivity contribution >= 4 is 6.09 Å². The molecule has 0 spiro atoms. The molecule has 2 aliphatic carbocycles. The highest BCUT2D eigenvalue weighted by Gasteiger charge is 2.50. The highest BCUT2D eigenvalue weighted by molar-refractivity contribution is 5.66. The van der Waals surface area contributed by atoms with E-state index in [-0.39, 0.29) is 11.6 Å². The third-order valence-corrected chi connectivity index (χ3v) is 6.41. The highest BCUT2D eigenvalue weighted by atomic mass is 16.4. The predicted molar refractivity (Wildman–Crippen MR) is 94.2 cm³/mol. The minimum absolute atomic E-state index is 0.103. The second-order valence-electron chi connectivity index (χ2n) is 7.94. The van der Waals surface area contributed by atoms with E-state index < -0.39 is 6.09 Å². The number of nitriles is 1. The van der Waals surface area contributed by atoms with Crippen LogP contribution in [0, 0.1) is 17.2 Å². The number of carbonyl (C=O) groups is 1. The second kappa shape index (κ2) is 6.34. The summed E-state index contributed by atoms with van der Waals surface area (Å²) in [5.74, 6) is 0.759. The maximum atomic E-state index is 11.8. The van der Waals surface area contributed by atoms with E-state index in [0.29, 0.717) is 24.8 Å². The van der Waals surface area contributed by atoms with Crippen LogP contribution in [0.1, 0.15) is 43.6 Å². The van der Waals surface area contributed by atoms with E-state index in [1.165, 1.54) is 12.0 Å². The molecule has 0 bridgehead atoms. The van der Waals surface area contributed by atoms with Gasteiger partial charge in [-0.1, -0.05) is 30.3 Å². The van der Waals surface area contributed by atoms with E-state index in [1.54, 1.807) is 4.90 Å². The van der Waals surface area contributed by atoms with Crippen LogP contribution in [0.15, 0.2) is 30.3 Å². The molecule has 1 heterocycles. The Bertz CT molecular complexity index is 674. The molecule has 5 nitrogen and oxygen atoms in total. The Balaban J connectivity index is 1.33. The van der Waals surface area contributed by atoms with Crippen LogP contribution >= 0.6 is 0 Å². The Morgan fingerprint density at radius 2 is 2.04 bits per heavy atom. The van der Waals surface area contributed by atoms with Gasteiger partial charge in [-0.25, -0.2) is 4.79 Å². The molecule has 0 unspecified atom stereocenters. The molecule has 0 aromatic heterocycles. The van der Waals surface area contributed by atoms with Crippen molar-refractivity contribution in [3.63, 3.8) is 0 Å². The first kappa shape index (κ1) is 16.4. The normalized spacial score (nSPS) is 27.6. The van der Waals surface area contributed by atoms with Crippen LogP contribution < -0.4 is 0 Å². The lowest BCUT2D eigenvalue weighted by Crippen LogP contribution is -2.64. The summed E-state index contributed by atoms with van der Waals surface area (Å²) >= 11 is 0. The minimum atomic E-state index is -0.794. The number of carboxylic acid groups (broad SMARTS) is 1. The summed E-state index contributed by atoms with van der Waals surface area (Å²) in [5, 5.41) is 18.7. The van der Waals surface area contributed by atoms with Crippen molar-refractivity contribution in [2.75, 3.05) is 19.6 Å². The summed E-state index contributed by atoms with van der Waals surface area (Å²) in [6.07, 6.45) is 4.21. The van der Waals surface area contributed by atoms with Gasteiger partial charge in [0.1, 0.15) is 0 Å². The lowest BCUT2D eigenvalue weighted by atomic mass is 9.71. The number of likely N-dealkylation sites (tertiary alicyclic amines) is 1. The van der Waals surface area contributed by atoms with E-state index in [4.69, 9.17) is 5.26 Å². The molecule has 2 atom stereocenters. The number of nitrogens with zero attached hydrogens (tertiary/aromatic N) is 3. The van der Waals surface area contributed by atoms with Crippen LogP contribution in [0.5, 0.6) is 0 Å². The van der Waals surface area contributed by atoms with Crippen LogP contribution in [0.4, 0.5) is 4.79 Å². The molecule has 3 aliphatic rings. The number of benzene rings is 1. The Hall–Kier alpha value is -2.06. The predicted octanol–water partition coefficient (Wildman–Crippen LogP) is 3.29. The second-order valence-corrected chi connectivity index (χ2v) is 7.94. The third-order valence-electron chi connectivity index (χ3n) is 6.41. The first-order chi connectivity index (χ1) is 12.1. The van der Waals surface area contributed by atoms with Crippen molar-refractivity contribution in [2.24, 2.45) is 5.92 Å². The average Bonchev–Trinajstić information content (AvgIpc) is 3.31. The van der Waals surface area contributed by atoms with Crippen molar-refractivity contribution in [2.45, 2.75) is 49.6 Å². The SMILES string of the molecule is N#CCC1(N2CC(CN(C(=O)O)[C@@H]3C[C@H]3c3ccccc3)C2)CCC1. The van der Waals surface area contributed by atoms with Crippen molar-refractivity contribution in [3.8, 4) is 6.07 Å². The molecule has 3 fully saturated rings. The van der Waals surface area contributed by atoms with Gasteiger partial charge in [0.2, 0.25) is 0 Å². The quantitative estimate of drug-likeness (QED) is 0.863. The monoisotopic (exact) mass is 339 g/mol. The fourth-order valence-electron chi connectivity index (χ4n) is 4.63. The van der Waals surface area contributed by atoms with Crippen LogP contribution in [0.3, 0.4) is 0 Å². The minimum Gasteiger partial charge on any atom is -0.465 e. The molecule has 2 saturated carbocycles. The van der Waals surface area contributed by atoms with E-state index in [2.05, 4.69) is 23.1 Å². The Morgan fingerprint density at radius 3 is 2.60 bits per heavy atom. The molecule has 132 valence electrons. The molecule has 1 aliphatic heterocycles. The molecule has 1 saturated heterocycles. The van der Waals surface area contributed by atoms with Gasteiger partial charge < -0.3 is 10.0 Å². The highest BCUT2D eigenvalue weighted by Crippen LogP contribution is 2.47. The summed E-state index contributed by atoms with van der Waals surface area (Å²) in [5.41, 5.74) is 1.35. The molecular weight excluding hydrogens is 314 g/mol. The lowest BCUT2D eigenvalue weighted by Gasteiger charge is -2.56. The smallest absolute Gasteiger partial charge is 0.407 e. The molecule has 1 aromatic rings. The van der Waals surface area contributed by atoms with E-state index in [1.807, 2.05) is 18.2 Å². The van der Waals surface area contributed by atoms with Gasteiger partial charge in [-0.3, -0.25) is 4.90 Å². The van der Waals surface area contributed by atoms with Crippen LogP contribution in [0.2, 0.25) is 0 Å². The first-order valence-electron chi connectivity index (χ1n) is 9.29. The van der Waals surface area contributed by atoms with Crippen molar-refractivity contribution in [1.29, 1.82) is 5.26 Å². The maximum Gasteiger partial charge on any atom is 0.407 e. The van der Waals surface area contributed by atoms with Gasteiger partial charge in [-0.05, 0) is 31.2 Å². The van der Waals surface area contributed by atoms with Crippen molar-refractivity contribution in [1.82, 2.24) is 9.80 Å². The molecule has 4 rings (SSSR count). The van der Waals surface area contributed by atoms with Gasteiger partial charge in [-0.15, -0.1) is 0 Å². The van der Waals surface area contributed by atoms with Gasteiger partial charge in [0.25, 0.3) is 0 Å². The van der Waals surface area contributed by atoms with Gasteiger partial charge in [-0.2, -0.15) is 5.26 Å². The average molecular weight is 339 g/mol. The zero-order valence-corrected chi connectivity index (χ0v) is 14.5. The number of hydrogen-bond donors (Lipinski definition) is 1. The van der Waals surface area contributed by atoms with Crippen LogP contribution in [-0.2, 0) is 0 Å². The number of rotatable bonds is 6. The summed E-state index contributed by atoms with van der Waals surface area (Å²) in [4.78, 5) is 15.8. The van der Waals surface area contributed by atoms with E-state index >= 15 is 0 Å². The van der Waals surface area contributed by atoms with Gasteiger partial charge in [0, 0.05) is 43.1 Å². The molecular formula is C20H25N3O2. The summed E-state index contributed by atoms with van der Waals surface area (Å²) in [7, 11) is 0. The van der Waals surface area contributed by atoms with Crippen LogP contribution in [0.25, 0.3) is 0 Å². The zero-order chi connectivity index (χ0) is 17.4. The Kier molecular flexibility index (Phi) is 4.16. The third kappa shape index (κ3) is 3.00. The summed E-state index contributed by atoms with van der Waals surface area (Å²) in [6.45, 7) is 2.50. The number of amides is 1. The standard InChI is InChI=1S/C20H25N3O2/c21-10-9-20(7-4-8-20)22-12-15(13-22)14-23(19(24)25)18-11-17(18)16-5-2-1-3-6-16/h1-3,5-6,15,17-18H,4,7-9,11-14H2,(H,24,25)/t17-,18+/m0/s1. The van der Waals surface area contributed by atoms with Gasteiger partial charge in [0.15, 0.2) is 0 Å². The molecule has 1 aromatic carbocycles. The Labute approximate surface area is 148 Å². The molecule has 25 heavy (non-hydrogen) atoms. The van der Waals surface area contributed by atoms with Crippen molar-refractivity contribution in [3.05, 3.63) is 35.9 Å². The lowest BCUT2D eigenvalue weighted by molar-refractivity contribution is -0.0658. The van der Waals surface area contributed by atoms with Gasteiger partial charge >= 0.3 is 6.09 Å². The van der Waals surface area contributed by atoms with Crippen molar-refractivity contribution < 1.29 is 9.90 Å².